The number of nitrogens with one attached hydrogen (secondary N) is 2. The van der Waals surface area contributed by atoms with Gasteiger partial charge in [0.25, 0.3) is 0 Å². The monoisotopic (exact) mass is 443 g/mol. The molecule has 33 heavy (non-hydrogen) atoms. The third kappa shape index (κ3) is 6.75. The lowest BCUT2D eigenvalue weighted by Gasteiger charge is -2.05. The zero-order chi connectivity index (χ0) is 22.7. The first-order valence-electron chi connectivity index (χ1n) is 12.0. The number of ether oxygens (including phenoxy) is 2. The van der Waals surface area contributed by atoms with Gasteiger partial charge in [0, 0.05) is 18.0 Å². The molecular formula is C28H33N3O2. The third-order valence-electron chi connectivity index (χ3n) is 5.55. The Bertz CT molecular complexity index is 1080. The maximum absolute atomic E-state index is 6.05. The summed E-state index contributed by atoms with van der Waals surface area (Å²) in [6, 6.07) is 16.1. The first kappa shape index (κ1) is 22.7. The molecule has 0 atom stereocenters. The molecule has 0 aliphatic carbocycles. The Morgan fingerprint density at radius 1 is 0.879 bits per heavy atom. The Morgan fingerprint density at radius 2 is 1.76 bits per heavy atom. The summed E-state index contributed by atoms with van der Waals surface area (Å²) in [5.74, 6) is 1.81. The van der Waals surface area contributed by atoms with E-state index in [0.29, 0.717) is 6.61 Å². The number of benzene rings is 1. The first-order chi connectivity index (χ1) is 16.3. The number of hydrogen-bond donors (Lipinski definition) is 2. The van der Waals surface area contributed by atoms with Gasteiger partial charge in [-0.2, -0.15) is 0 Å². The Labute approximate surface area is 196 Å². The number of allylic oxidation sites excluding steroid dienone is 2. The molecule has 2 aromatic heterocycles. The first-order valence-corrected chi connectivity index (χ1v) is 12.0. The summed E-state index contributed by atoms with van der Waals surface area (Å²) in [7, 11) is 0. The fourth-order valence-electron chi connectivity index (χ4n) is 3.73. The minimum absolute atomic E-state index is 0.715. The van der Waals surface area contributed by atoms with E-state index in [1.165, 1.54) is 0 Å². The number of aromatic nitrogens is 2. The molecule has 0 saturated heterocycles. The van der Waals surface area contributed by atoms with Crippen molar-refractivity contribution in [2.45, 2.75) is 45.4 Å². The minimum Gasteiger partial charge on any atom is -0.494 e. The largest absolute Gasteiger partial charge is 0.494 e. The topological polar surface area (TPSA) is 62.4 Å². The SMILES string of the molecule is CCCCOc1cc(-c2ccc[nH]2)[nH]c1C=C1C=CC(CCCCCOc2ccccc2)=N1. The van der Waals surface area contributed by atoms with Crippen molar-refractivity contribution in [3.8, 4) is 22.9 Å². The second-order valence-electron chi connectivity index (χ2n) is 8.22. The Morgan fingerprint density at radius 3 is 2.58 bits per heavy atom. The summed E-state index contributed by atoms with van der Waals surface area (Å²) < 4.78 is 11.8. The molecule has 5 nitrogen and oxygen atoms in total. The normalized spacial score (nSPS) is 14.1. The van der Waals surface area contributed by atoms with E-state index in [2.05, 4.69) is 47.3 Å². The van der Waals surface area contributed by atoms with Gasteiger partial charge in [-0.05, 0) is 74.6 Å². The predicted molar refractivity (Wildman–Crippen MR) is 136 cm³/mol. The van der Waals surface area contributed by atoms with Crippen LogP contribution >= 0.6 is 0 Å². The van der Waals surface area contributed by atoms with E-state index in [4.69, 9.17) is 14.5 Å². The molecule has 5 heteroatoms. The number of rotatable bonds is 13. The molecule has 2 N–H and O–H groups in total. The van der Waals surface area contributed by atoms with Gasteiger partial charge < -0.3 is 19.4 Å². The second kappa shape index (κ2) is 12.0. The van der Waals surface area contributed by atoms with Gasteiger partial charge >= 0.3 is 0 Å². The van der Waals surface area contributed by atoms with Crippen molar-refractivity contribution in [3.05, 3.63) is 78.3 Å². The molecule has 3 aromatic rings. The molecule has 0 radical (unpaired) electrons. The highest BCUT2D eigenvalue weighted by atomic mass is 16.5. The van der Waals surface area contributed by atoms with Crippen molar-refractivity contribution in [3.63, 3.8) is 0 Å². The summed E-state index contributed by atoms with van der Waals surface area (Å²) in [6.07, 6.45) is 14.6. The zero-order valence-electron chi connectivity index (χ0n) is 19.3. The van der Waals surface area contributed by atoms with Gasteiger partial charge in [-0.3, -0.25) is 4.99 Å². The van der Waals surface area contributed by atoms with Crippen LogP contribution in [-0.4, -0.2) is 28.9 Å². The average Bonchev–Trinajstić information content (AvgIpc) is 3.59. The third-order valence-corrected chi connectivity index (χ3v) is 5.55. The molecule has 0 fully saturated rings. The lowest BCUT2D eigenvalue weighted by atomic mass is 10.1. The van der Waals surface area contributed by atoms with Gasteiger partial charge in [0.15, 0.2) is 0 Å². The smallest absolute Gasteiger partial charge is 0.144 e. The van der Waals surface area contributed by atoms with Crippen molar-refractivity contribution < 1.29 is 9.47 Å². The molecule has 1 aromatic carbocycles. The van der Waals surface area contributed by atoms with Gasteiger partial charge in [0.2, 0.25) is 0 Å². The van der Waals surface area contributed by atoms with Crippen LogP contribution in [0.1, 0.15) is 51.1 Å². The van der Waals surface area contributed by atoms with Gasteiger partial charge in [-0.15, -0.1) is 0 Å². The summed E-state index contributed by atoms with van der Waals surface area (Å²) in [5.41, 5.74) is 5.11. The molecule has 0 amide bonds. The number of aliphatic imine (C=N–C) groups is 1. The van der Waals surface area contributed by atoms with Crippen molar-refractivity contribution in [2.75, 3.05) is 13.2 Å². The van der Waals surface area contributed by atoms with Crippen molar-refractivity contribution in [1.29, 1.82) is 0 Å². The van der Waals surface area contributed by atoms with Crippen molar-refractivity contribution in [2.24, 2.45) is 4.99 Å². The fourth-order valence-corrected chi connectivity index (χ4v) is 3.73. The van der Waals surface area contributed by atoms with Gasteiger partial charge in [-0.25, -0.2) is 0 Å². The van der Waals surface area contributed by atoms with Crippen LogP contribution in [0.2, 0.25) is 0 Å². The van der Waals surface area contributed by atoms with Crippen molar-refractivity contribution in [1.82, 2.24) is 9.97 Å². The van der Waals surface area contributed by atoms with Crippen LogP contribution in [0.25, 0.3) is 17.5 Å². The summed E-state index contributed by atoms with van der Waals surface area (Å²) in [6.45, 7) is 3.64. The van der Waals surface area contributed by atoms with E-state index in [1.54, 1.807) is 0 Å². The van der Waals surface area contributed by atoms with Crippen LogP contribution in [0.5, 0.6) is 11.5 Å². The number of H-pyrrole nitrogens is 2. The molecular weight excluding hydrogens is 410 g/mol. The van der Waals surface area contributed by atoms with E-state index in [-0.39, 0.29) is 0 Å². The average molecular weight is 444 g/mol. The fraction of sp³-hybridized carbons (Fsp3) is 0.321. The van der Waals surface area contributed by atoms with E-state index in [1.807, 2.05) is 42.6 Å². The highest BCUT2D eigenvalue weighted by Crippen LogP contribution is 2.29. The van der Waals surface area contributed by atoms with E-state index in [9.17, 15) is 0 Å². The van der Waals surface area contributed by atoms with Gasteiger partial charge in [-0.1, -0.05) is 31.5 Å². The Kier molecular flexibility index (Phi) is 8.23. The van der Waals surface area contributed by atoms with Gasteiger partial charge in [0.1, 0.15) is 11.5 Å². The molecule has 1 aliphatic heterocycles. The zero-order valence-corrected chi connectivity index (χ0v) is 19.3. The van der Waals surface area contributed by atoms with E-state index in [0.717, 1.165) is 85.1 Å². The lowest BCUT2D eigenvalue weighted by molar-refractivity contribution is 0.305. The van der Waals surface area contributed by atoms with Gasteiger partial charge in [0.05, 0.1) is 36.0 Å². The summed E-state index contributed by atoms with van der Waals surface area (Å²) in [5, 5.41) is 0. The molecule has 172 valence electrons. The molecule has 0 saturated carbocycles. The standard InChI is InChI=1S/C28H33N3O2/c1-2-3-18-33-28-21-26(25-14-10-17-29-25)31-27(28)20-23-16-15-22(30-23)11-6-5-9-19-32-24-12-7-4-8-13-24/h4,7-8,10,12-17,20-21,29,31H,2-3,5-6,9,11,18-19H2,1H3. The lowest BCUT2D eigenvalue weighted by Crippen LogP contribution is -1.98. The number of para-hydroxylation sites is 1. The van der Waals surface area contributed by atoms with Crippen molar-refractivity contribution >= 4 is 11.8 Å². The predicted octanol–water partition coefficient (Wildman–Crippen LogP) is 7.18. The highest BCUT2D eigenvalue weighted by Gasteiger charge is 2.12. The molecule has 4 rings (SSSR count). The summed E-state index contributed by atoms with van der Waals surface area (Å²) in [4.78, 5) is 11.5. The number of unbranched alkanes of at least 4 members (excludes halogenated alkanes) is 3. The maximum atomic E-state index is 6.05. The van der Waals surface area contributed by atoms with Crippen LogP contribution < -0.4 is 9.47 Å². The quantitative estimate of drug-likeness (QED) is 0.275. The summed E-state index contributed by atoms with van der Waals surface area (Å²) >= 11 is 0. The van der Waals surface area contributed by atoms with Crippen LogP contribution in [0, 0.1) is 0 Å². The van der Waals surface area contributed by atoms with E-state index < -0.39 is 0 Å². The number of aromatic amines is 2. The van der Waals surface area contributed by atoms with Crippen LogP contribution in [0.15, 0.2) is 77.6 Å². The molecule has 0 bridgehead atoms. The van der Waals surface area contributed by atoms with E-state index >= 15 is 0 Å². The molecule has 3 heterocycles. The van der Waals surface area contributed by atoms with Crippen LogP contribution in [-0.2, 0) is 0 Å². The maximum Gasteiger partial charge on any atom is 0.144 e. The molecule has 0 unspecified atom stereocenters. The van der Waals surface area contributed by atoms with Crippen LogP contribution in [0.3, 0.4) is 0 Å². The molecule has 0 spiro atoms. The number of hydrogen-bond acceptors (Lipinski definition) is 3. The molecule has 1 aliphatic rings. The van der Waals surface area contributed by atoms with Crippen LogP contribution in [0.4, 0.5) is 0 Å². The Balaban J connectivity index is 1.30. The highest BCUT2D eigenvalue weighted by molar-refractivity contribution is 5.99. The minimum atomic E-state index is 0.715. The second-order valence-corrected chi connectivity index (χ2v) is 8.22. The Hall–Kier alpha value is -3.47. The number of nitrogens with zero attached hydrogens (tertiary/aromatic N) is 1.